The van der Waals surface area contributed by atoms with Crippen LogP contribution in [0.3, 0.4) is 0 Å². The molecule has 0 N–H and O–H groups in total. The van der Waals surface area contributed by atoms with E-state index in [1.807, 2.05) is 12.3 Å². The molecule has 0 fully saturated rings. The van der Waals surface area contributed by atoms with Gasteiger partial charge in [-0.2, -0.15) is 0 Å². The van der Waals surface area contributed by atoms with Crippen molar-refractivity contribution in [3.05, 3.63) is 66.0 Å². The van der Waals surface area contributed by atoms with Crippen LogP contribution >= 0.6 is 0 Å². The van der Waals surface area contributed by atoms with Crippen molar-refractivity contribution in [1.29, 1.82) is 0 Å². The normalized spacial score (nSPS) is 12.3. The van der Waals surface area contributed by atoms with E-state index >= 15 is 0 Å². The van der Waals surface area contributed by atoms with Crippen LogP contribution in [0.1, 0.15) is 30.5 Å². The van der Waals surface area contributed by atoms with Gasteiger partial charge in [0.2, 0.25) is 0 Å². The van der Waals surface area contributed by atoms with Gasteiger partial charge in [0.25, 0.3) is 0 Å². The van der Waals surface area contributed by atoms with E-state index in [0.29, 0.717) is 5.92 Å². The lowest BCUT2D eigenvalue weighted by Gasteiger charge is -2.10. The van der Waals surface area contributed by atoms with Crippen LogP contribution in [0.15, 0.2) is 54.7 Å². The second kappa shape index (κ2) is 5.45. The molecule has 1 aromatic carbocycles. The van der Waals surface area contributed by atoms with Crippen molar-refractivity contribution in [3.8, 4) is 0 Å². The first-order valence-corrected chi connectivity index (χ1v) is 5.81. The maximum Gasteiger partial charge on any atom is 0.0431 e. The predicted octanol–water partition coefficient (Wildman–Crippen LogP) is 3.82. The Bertz CT molecular complexity index is 408. The van der Waals surface area contributed by atoms with Gasteiger partial charge in [-0.1, -0.05) is 43.3 Å². The molecule has 0 saturated heterocycles. The van der Waals surface area contributed by atoms with Crippen LogP contribution in [-0.2, 0) is 6.42 Å². The highest BCUT2D eigenvalue weighted by Crippen LogP contribution is 2.18. The third-order valence-electron chi connectivity index (χ3n) is 2.90. The van der Waals surface area contributed by atoms with Gasteiger partial charge in [-0.3, -0.25) is 4.98 Å². The zero-order valence-electron chi connectivity index (χ0n) is 9.63. The van der Waals surface area contributed by atoms with Gasteiger partial charge in [0.05, 0.1) is 0 Å². The highest BCUT2D eigenvalue weighted by molar-refractivity contribution is 5.16. The Balaban J connectivity index is 1.92. The molecule has 16 heavy (non-hydrogen) atoms. The summed E-state index contributed by atoms with van der Waals surface area (Å²) in [6, 6.07) is 16.8. The molecule has 0 radical (unpaired) electrons. The van der Waals surface area contributed by atoms with Crippen molar-refractivity contribution in [2.75, 3.05) is 0 Å². The van der Waals surface area contributed by atoms with Gasteiger partial charge in [-0.25, -0.2) is 0 Å². The minimum absolute atomic E-state index is 0.529. The maximum absolute atomic E-state index is 4.39. The van der Waals surface area contributed by atoms with Crippen molar-refractivity contribution in [2.24, 2.45) is 0 Å². The van der Waals surface area contributed by atoms with Crippen LogP contribution in [0.25, 0.3) is 0 Å². The van der Waals surface area contributed by atoms with E-state index < -0.39 is 0 Å². The largest absolute Gasteiger partial charge is 0.261 e. The van der Waals surface area contributed by atoms with Crippen molar-refractivity contribution in [1.82, 2.24) is 4.98 Å². The minimum Gasteiger partial charge on any atom is -0.261 e. The molecule has 82 valence electrons. The Morgan fingerprint density at radius 2 is 1.75 bits per heavy atom. The molecule has 0 aliphatic carbocycles. The Hall–Kier alpha value is -1.63. The summed E-state index contributed by atoms with van der Waals surface area (Å²) in [7, 11) is 0. The fourth-order valence-electron chi connectivity index (χ4n) is 1.84. The summed E-state index contributed by atoms with van der Waals surface area (Å²) in [4.78, 5) is 4.39. The Morgan fingerprint density at radius 1 is 1.00 bits per heavy atom. The molecule has 0 bridgehead atoms. The third kappa shape index (κ3) is 2.93. The number of benzene rings is 1. The zero-order valence-corrected chi connectivity index (χ0v) is 9.63. The van der Waals surface area contributed by atoms with Crippen molar-refractivity contribution < 1.29 is 0 Å². The average Bonchev–Trinajstić information content (AvgIpc) is 2.38. The maximum atomic E-state index is 4.39. The van der Waals surface area contributed by atoms with Crippen molar-refractivity contribution in [3.63, 3.8) is 0 Å². The van der Waals surface area contributed by atoms with E-state index in [2.05, 4.69) is 54.4 Å². The highest BCUT2D eigenvalue weighted by atomic mass is 14.7. The quantitative estimate of drug-likeness (QED) is 0.749. The number of pyridine rings is 1. The van der Waals surface area contributed by atoms with Gasteiger partial charge in [0, 0.05) is 11.9 Å². The van der Waals surface area contributed by atoms with Crippen LogP contribution in [-0.4, -0.2) is 4.98 Å². The van der Waals surface area contributed by atoms with E-state index in [0.717, 1.165) is 12.8 Å². The van der Waals surface area contributed by atoms with Crippen molar-refractivity contribution >= 4 is 0 Å². The number of nitrogens with zero attached hydrogens (tertiary/aromatic N) is 1. The number of aryl methyl sites for hydroxylation is 1. The molecule has 1 aromatic heterocycles. The number of hydrogen-bond acceptors (Lipinski definition) is 1. The molecule has 0 aliphatic heterocycles. The number of rotatable bonds is 4. The summed E-state index contributed by atoms with van der Waals surface area (Å²) in [5.41, 5.74) is 2.60. The molecule has 1 atom stereocenters. The van der Waals surface area contributed by atoms with Crippen LogP contribution in [0.4, 0.5) is 0 Å². The first-order valence-electron chi connectivity index (χ1n) is 5.81. The van der Waals surface area contributed by atoms with E-state index in [1.54, 1.807) is 0 Å². The lowest BCUT2D eigenvalue weighted by atomic mass is 9.98. The molecule has 0 unspecified atom stereocenters. The van der Waals surface area contributed by atoms with E-state index in [9.17, 15) is 0 Å². The Labute approximate surface area is 97.2 Å². The minimum atomic E-state index is 0.529. The van der Waals surface area contributed by atoms with E-state index in [-0.39, 0.29) is 0 Å². The summed E-state index contributed by atoms with van der Waals surface area (Å²) in [5.74, 6) is 0.529. The van der Waals surface area contributed by atoms with Gasteiger partial charge >= 0.3 is 0 Å². The molecule has 1 heterocycles. The third-order valence-corrected chi connectivity index (χ3v) is 2.90. The molecule has 0 aliphatic rings. The summed E-state index contributed by atoms with van der Waals surface area (Å²) >= 11 is 0. The monoisotopic (exact) mass is 211 g/mol. The summed E-state index contributed by atoms with van der Waals surface area (Å²) < 4.78 is 0. The molecule has 0 amide bonds. The van der Waals surface area contributed by atoms with Gasteiger partial charge in [-0.15, -0.1) is 0 Å². The van der Waals surface area contributed by atoms with Crippen LogP contribution in [0, 0.1) is 0 Å². The smallest absolute Gasteiger partial charge is 0.0431 e. The molecule has 0 spiro atoms. The Morgan fingerprint density at radius 3 is 2.44 bits per heavy atom. The topological polar surface area (TPSA) is 12.9 Å². The molecule has 2 rings (SSSR count). The standard InChI is InChI=1S/C15H17N/c1-13(15-9-5-6-12-16-15)10-11-14-7-3-2-4-8-14/h2-9,12-13H,10-11H2,1H3/t13-/m0/s1. The molecule has 0 saturated carbocycles. The van der Waals surface area contributed by atoms with Gasteiger partial charge in [-0.05, 0) is 36.5 Å². The van der Waals surface area contributed by atoms with Crippen LogP contribution in [0.5, 0.6) is 0 Å². The molecular weight excluding hydrogens is 194 g/mol. The Kier molecular flexibility index (Phi) is 3.71. The first-order chi connectivity index (χ1) is 7.86. The molecular formula is C15H17N. The SMILES string of the molecule is C[C@@H](CCc1ccccc1)c1ccccn1. The molecule has 1 nitrogen and oxygen atoms in total. The van der Waals surface area contributed by atoms with E-state index in [4.69, 9.17) is 0 Å². The lowest BCUT2D eigenvalue weighted by molar-refractivity contribution is 0.660. The molecule has 2 aromatic rings. The van der Waals surface area contributed by atoms with Gasteiger partial charge in [0.15, 0.2) is 0 Å². The number of hydrogen-bond donors (Lipinski definition) is 0. The van der Waals surface area contributed by atoms with Crippen molar-refractivity contribution in [2.45, 2.75) is 25.7 Å². The zero-order chi connectivity index (χ0) is 11.2. The van der Waals surface area contributed by atoms with Gasteiger partial charge < -0.3 is 0 Å². The van der Waals surface area contributed by atoms with E-state index in [1.165, 1.54) is 11.3 Å². The lowest BCUT2D eigenvalue weighted by Crippen LogP contribution is -1.98. The number of aromatic nitrogens is 1. The second-order valence-electron chi connectivity index (χ2n) is 4.18. The first kappa shape index (κ1) is 10.9. The van der Waals surface area contributed by atoms with Crippen LogP contribution < -0.4 is 0 Å². The predicted molar refractivity (Wildman–Crippen MR) is 67.4 cm³/mol. The fourth-order valence-corrected chi connectivity index (χ4v) is 1.84. The summed E-state index contributed by atoms with van der Waals surface area (Å²) in [5, 5.41) is 0. The summed E-state index contributed by atoms with van der Waals surface area (Å²) in [6.45, 7) is 2.24. The summed E-state index contributed by atoms with van der Waals surface area (Å²) in [6.07, 6.45) is 4.15. The van der Waals surface area contributed by atoms with Gasteiger partial charge in [0.1, 0.15) is 0 Å². The average molecular weight is 211 g/mol. The second-order valence-corrected chi connectivity index (χ2v) is 4.18. The fraction of sp³-hybridized carbons (Fsp3) is 0.267. The highest BCUT2D eigenvalue weighted by Gasteiger charge is 2.05. The molecule has 1 heteroatoms. The van der Waals surface area contributed by atoms with Crippen LogP contribution in [0.2, 0.25) is 0 Å².